The standard InChI is InChI=1S/C21H26N4O3/c1-27-17-6-4-5-16(11-17)12-18-15-25(9-10-28-18)20-14-22-13-19(23-20)21(26)24-7-2-3-8-24/h4-6,11,13-14,18H,2-3,7-10,12,15H2,1H3/t18-/m0/s1. The molecule has 0 bridgehead atoms. The van der Waals surface area contributed by atoms with E-state index in [4.69, 9.17) is 9.47 Å². The van der Waals surface area contributed by atoms with Crippen molar-refractivity contribution in [3.05, 3.63) is 47.9 Å². The largest absolute Gasteiger partial charge is 0.497 e. The Kier molecular flexibility index (Phi) is 5.71. The van der Waals surface area contributed by atoms with Crippen LogP contribution in [0.3, 0.4) is 0 Å². The fraction of sp³-hybridized carbons (Fsp3) is 0.476. The number of aromatic nitrogens is 2. The normalized spacial score (nSPS) is 19.7. The number of hydrogen-bond donors (Lipinski definition) is 0. The van der Waals surface area contributed by atoms with Gasteiger partial charge in [-0.2, -0.15) is 0 Å². The quantitative estimate of drug-likeness (QED) is 0.790. The zero-order valence-electron chi connectivity index (χ0n) is 16.2. The molecule has 0 radical (unpaired) electrons. The van der Waals surface area contributed by atoms with Crippen LogP contribution in [0.4, 0.5) is 5.82 Å². The summed E-state index contributed by atoms with van der Waals surface area (Å²) in [6, 6.07) is 8.06. The van der Waals surface area contributed by atoms with Crippen molar-refractivity contribution < 1.29 is 14.3 Å². The first-order valence-corrected chi connectivity index (χ1v) is 9.84. The first kappa shape index (κ1) is 18.7. The summed E-state index contributed by atoms with van der Waals surface area (Å²) < 4.78 is 11.3. The number of hydrogen-bond acceptors (Lipinski definition) is 6. The van der Waals surface area contributed by atoms with E-state index in [1.165, 1.54) is 5.56 Å². The molecule has 148 valence electrons. The number of ether oxygens (including phenoxy) is 2. The number of methoxy groups -OCH3 is 1. The van der Waals surface area contributed by atoms with Gasteiger partial charge in [0.2, 0.25) is 0 Å². The van der Waals surface area contributed by atoms with Gasteiger partial charge in [-0.15, -0.1) is 0 Å². The number of rotatable bonds is 5. The van der Waals surface area contributed by atoms with Crippen molar-refractivity contribution in [2.75, 3.05) is 44.8 Å². The highest BCUT2D eigenvalue weighted by Crippen LogP contribution is 2.20. The van der Waals surface area contributed by atoms with Crippen LogP contribution in [-0.4, -0.2) is 66.8 Å². The monoisotopic (exact) mass is 382 g/mol. The predicted molar refractivity (Wildman–Crippen MR) is 106 cm³/mol. The Hall–Kier alpha value is -2.67. The van der Waals surface area contributed by atoms with E-state index in [1.54, 1.807) is 19.5 Å². The van der Waals surface area contributed by atoms with Crippen LogP contribution in [-0.2, 0) is 11.2 Å². The van der Waals surface area contributed by atoms with Gasteiger partial charge in [0.25, 0.3) is 5.91 Å². The molecule has 1 aromatic heterocycles. The average molecular weight is 382 g/mol. The Morgan fingerprint density at radius 2 is 2.11 bits per heavy atom. The van der Waals surface area contributed by atoms with Crippen LogP contribution in [0.5, 0.6) is 5.75 Å². The summed E-state index contributed by atoms with van der Waals surface area (Å²) in [4.78, 5) is 25.5. The maximum Gasteiger partial charge on any atom is 0.274 e. The molecule has 2 saturated heterocycles. The topological polar surface area (TPSA) is 67.8 Å². The van der Waals surface area contributed by atoms with E-state index < -0.39 is 0 Å². The summed E-state index contributed by atoms with van der Waals surface area (Å²) >= 11 is 0. The SMILES string of the molecule is COc1cccc(C[C@H]2CN(c3cncc(C(=O)N4CCCC4)n3)CCO2)c1. The van der Waals surface area contributed by atoms with Gasteiger partial charge in [0.1, 0.15) is 17.3 Å². The molecule has 7 nitrogen and oxygen atoms in total. The minimum atomic E-state index is -0.0203. The van der Waals surface area contributed by atoms with Gasteiger partial charge < -0.3 is 19.3 Å². The van der Waals surface area contributed by atoms with Crippen molar-refractivity contribution in [1.82, 2.24) is 14.9 Å². The molecule has 1 amide bonds. The van der Waals surface area contributed by atoms with Gasteiger partial charge in [-0.25, -0.2) is 4.98 Å². The molecule has 3 heterocycles. The van der Waals surface area contributed by atoms with Crippen molar-refractivity contribution in [3.63, 3.8) is 0 Å². The third-order valence-corrected chi connectivity index (χ3v) is 5.29. The van der Waals surface area contributed by atoms with Gasteiger partial charge >= 0.3 is 0 Å². The second-order valence-corrected chi connectivity index (χ2v) is 7.26. The molecule has 4 rings (SSSR count). The van der Waals surface area contributed by atoms with Crippen molar-refractivity contribution in [3.8, 4) is 5.75 Å². The first-order valence-electron chi connectivity index (χ1n) is 9.84. The number of carbonyl (C=O) groups is 1. The highest BCUT2D eigenvalue weighted by atomic mass is 16.5. The summed E-state index contributed by atoms with van der Waals surface area (Å²) in [5, 5.41) is 0. The number of nitrogens with zero attached hydrogens (tertiary/aromatic N) is 4. The van der Waals surface area contributed by atoms with E-state index in [9.17, 15) is 4.79 Å². The molecule has 2 aliphatic rings. The number of anilines is 1. The molecular formula is C21H26N4O3. The van der Waals surface area contributed by atoms with Crippen LogP contribution in [0.1, 0.15) is 28.9 Å². The van der Waals surface area contributed by atoms with Crippen molar-refractivity contribution in [2.45, 2.75) is 25.4 Å². The zero-order valence-corrected chi connectivity index (χ0v) is 16.2. The maximum absolute atomic E-state index is 12.6. The van der Waals surface area contributed by atoms with E-state index in [2.05, 4.69) is 20.9 Å². The summed E-state index contributed by atoms with van der Waals surface area (Å²) in [7, 11) is 1.67. The molecule has 28 heavy (non-hydrogen) atoms. The molecule has 2 aliphatic heterocycles. The fourth-order valence-electron chi connectivity index (χ4n) is 3.81. The number of amides is 1. The van der Waals surface area contributed by atoms with Crippen molar-refractivity contribution in [1.29, 1.82) is 0 Å². The minimum Gasteiger partial charge on any atom is -0.497 e. The van der Waals surface area contributed by atoms with Gasteiger partial charge in [0, 0.05) is 32.6 Å². The lowest BCUT2D eigenvalue weighted by molar-refractivity contribution is 0.0407. The highest BCUT2D eigenvalue weighted by Gasteiger charge is 2.25. The first-order chi connectivity index (χ1) is 13.7. The Morgan fingerprint density at radius 3 is 2.93 bits per heavy atom. The van der Waals surface area contributed by atoms with E-state index >= 15 is 0 Å². The van der Waals surface area contributed by atoms with Gasteiger partial charge in [0.05, 0.1) is 32.2 Å². The molecular weight excluding hydrogens is 356 g/mol. The molecule has 0 N–H and O–H groups in total. The lowest BCUT2D eigenvalue weighted by Gasteiger charge is -2.33. The van der Waals surface area contributed by atoms with Gasteiger partial charge in [-0.1, -0.05) is 12.1 Å². The molecule has 2 fully saturated rings. The summed E-state index contributed by atoms with van der Waals surface area (Å²) in [6.07, 6.45) is 6.28. The molecule has 1 atom stereocenters. The molecule has 0 aliphatic carbocycles. The maximum atomic E-state index is 12.6. The van der Waals surface area contributed by atoms with Crippen LogP contribution in [0.2, 0.25) is 0 Å². The summed E-state index contributed by atoms with van der Waals surface area (Å²) in [6.45, 7) is 3.70. The highest BCUT2D eigenvalue weighted by molar-refractivity contribution is 5.92. The summed E-state index contributed by atoms with van der Waals surface area (Å²) in [5.41, 5.74) is 1.60. The second kappa shape index (κ2) is 8.56. The molecule has 1 aromatic carbocycles. The summed E-state index contributed by atoms with van der Waals surface area (Å²) in [5.74, 6) is 1.57. The molecule has 0 unspecified atom stereocenters. The van der Waals surface area contributed by atoms with E-state index in [0.29, 0.717) is 18.8 Å². The molecule has 2 aromatic rings. The minimum absolute atomic E-state index is 0.0203. The Labute approximate surface area is 165 Å². The van der Waals surface area contributed by atoms with Crippen LogP contribution >= 0.6 is 0 Å². The second-order valence-electron chi connectivity index (χ2n) is 7.26. The van der Waals surface area contributed by atoms with Gasteiger partial charge in [-0.3, -0.25) is 9.78 Å². The Bertz CT molecular complexity index is 823. The molecule has 0 saturated carbocycles. The lowest BCUT2D eigenvalue weighted by Crippen LogP contribution is -2.44. The lowest BCUT2D eigenvalue weighted by atomic mass is 10.1. The number of likely N-dealkylation sites (tertiary alicyclic amines) is 1. The zero-order chi connectivity index (χ0) is 19.3. The average Bonchev–Trinajstić information content (AvgIpc) is 3.28. The predicted octanol–water partition coefficient (Wildman–Crippen LogP) is 2.17. The van der Waals surface area contributed by atoms with Crippen LogP contribution in [0, 0.1) is 0 Å². The third-order valence-electron chi connectivity index (χ3n) is 5.29. The van der Waals surface area contributed by atoms with Gasteiger partial charge in [-0.05, 0) is 30.5 Å². The van der Waals surface area contributed by atoms with Gasteiger partial charge in [0.15, 0.2) is 0 Å². The fourth-order valence-corrected chi connectivity index (χ4v) is 3.81. The number of carbonyl (C=O) groups excluding carboxylic acids is 1. The van der Waals surface area contributed by atoms with Crippen molar-refractivity contribution in [2.24, 2.45) is 0 Å². The van der Waals surface area contributed by atoms with Crippen LogP contribution in [0.25, 0.3) is 0 Å². The van der Waals surface area contributed by atoms with Crippen LogP contribution in [0.15, 0.2) is 36.7 Å². The van der Waals surface area contributed by atoms with Crippen molar-refractivity contribution >= 4 is 11.7 Å². The van der Waals surface area contributed by atoms with E-state index in [0.717, 1.165) is 50.5 Å². The van der Waals surface area contributed by atoms with Crippen LogP contribution < -0.4 is 9.64 Å². The molecule has 7 heteroatoms. The van der Waals surface area contributed by atoms with E-state index in [1.807, 2.05) is 23.1 Å². The molecule has 0 spiro atoms. The number of benzene rings is 1. The third kappa shape index (κ3) is 4.25. The van der Waals surface area contributed by atoms with E-state index in [-0.39, 0.29) is 12.0 Å². The number of morpholine rings is 1. The Balaban J connectivity index is 1.44. The smallest absolute Gasteiger partial charge is 0.274 e. The Morgan fingerprint density at radius 1 is 1.25 bits per heavy atom.